The van der Waals surface area contributed by atoms with Crippen molar-refractivity contribution in [2.45, 2.75) is 0 Å². The molecule has 8 heteroatoms. The van der Waals surface area contributed by atoms with E-state index in [1.54, 1.807) is 0 Å². The van der Waals surface area contributed by atoms with Crippen molar-refractivity contribution in [3.05, 3.63) is 10.8 Å². The summed E-state index contributed by atoms with van der Waals surface area (Å²) in [6, 6.07) is 0. The molecule has 0 radical (unpaired) electrons. The standard InChI is InChI=1S/C2H4O6S2/c3-9(4,5)1-2-10(6,7)8/h1-2H,(H,3,4,5)(H,6,7,8)/b2-1-. The van der Waals surface area contributed by atoms with Crippen molar-refractivity contribution in [3.8, 4) is 0 Å². The molecule has 6 nitrogen and oxygen atoms in total. The van der Waals surface area contributed by atoms with Gasteiger partial charge in [0.25, 0.3) is 20.2 Å². The van der Waals surface area contributed by atoms with Crippen molar-refractivity contribution in [2.75, 3.05) is 0 Å². The van der Waals surface area contributed by atoms with Gasteiger partial charge in [-0.05, 0) is 0 Å². The number of rotatable bonds is 2. The predicted octanol–water partition coefficient (Wildman–Crippen LogP) is -0.767. The van der Waals surface area contributed by atoms with E-state index < -0.39 is 20.2 Å². The molecule has 0 spiro atoms. The van der Waals surface area contributed by atoms with Gasteiger partial charge >= 0.3 is 0 Å². The average molecular weight is 188 g/mol. The second kappa shape index (κ2) is 2.66. The Labute approximate surface area is 57.7 Å². The summed E-state index contributed by atoms with van der Waals surface area (Å²) in [5.41, 5.74) is 0. The van der Waals surface area contributed by atoms with Crippen LogP contribution in [0.4, 0.5) is 0 Å². The highest BCUT2D eigenvalue weighted by Crippen LogP contribution is 1.89. The Balaban J connectivity index is 4.64. The molecule has 0 aliphatic carbocycles. The lowest BCUT2D eigenvalue weighted by molar-refractivity contribution is 0.488. The van der Waals surface area contributed by atoms with Crippen LogP contribution in [-0.4, -0.2) is 25.9 Å². The fraction of sp³-hybridized carbons (Fsp3) is 0. The van der Waals surface area contributed by atoms with E-state index in [0.29, 0.717) is 0 Å². The number of hydrogen-bond donors (Lipinski definition) is 2. The van der Waals surface area contributed by atoms with Gasteiger partial charge in [-0.1, -0.05) is 0 Å². The summed E-state index contributed by atoms with van der Waals surface area (Å²) >= 11 is 0. The molecule has 0 aromatic heterocycles. The van der Waals surface area contributed by atoms with E-state index in [1.807, 2.05) is 0 Å². The third kappa shape index (κ3) is 7.56. The Bertz CT molecular complexity index is 283. The second-order valence-electron chi connectivity index (χ2n) is 1.30. The quantitative estimate of drug-likeness (QED) is 0.551. The molecule has 2 N–H and O–H groups in total. The van der Waals surface area contributed by atoms with Gasteiger partial charge in [0.15, 0.2) is 0 Å². The van der Waals surface area contributed by atoms with Crippen molar-refractivity contribution in [1.29, 1.82) is 0 Å². The zero-order chi connectivity index (χ0) is 8.41. The third-order valence-electron chi connectivity index (χ3n) is 0.399. The zero-order valence-corrected chi connectivity index (χ0v) is 6.13. The first-order chi connectivity index (χ1) is 4.21. The Kier molecular flexibility index (Phi) is 2.54. The number of hydrogen-bond acceptors (Lipinski definition) is 4. The molecule has 0 aliphatic heterocycles. The smallest absolute Gasteiger partial charge is 0.282 e. The molecule has 60 valence electrons. The molecular weight excluding hydrogens is 184 g/mol. The first-order valence-electron chi connectivity index (χ1n) is 1.84. The van der Waals surface area contributed by atoms with Gasteiger partial charge in [0.2, 0.25) is 0 Å². The summed E-state index contributed by atoms with van der Waals surface area (Å²) in [7, 11) is -8.95. The second-order valence-corrected chi connectivity index (χ2v) is 3.91. The lowest BCUT2D eigenvalue weighted by atomic mass is 11.3. The molecule has 10 heavy (non-hydrogen) atoms. The Morgan fingerprint density at radius 1 is 0.800 bits per heavy atom. The monoisotopic (exact) mass is 188 g/mol. The van der Waals surface area contributed by atoms with Crippen LogP contribution in [0.3, 0.4) is 0 Å². The highest BCUT2D eigenvalue weighted by molar-refractivity contribution is 7.92. The van der Waals surface area contributed by atoms with Crippen LogP contribution in [0.25, 0.3) is 0 Å². The average Bonchev–Trinajstić information content (AvgIpc) is 1.57. The van der Waals surface area contributed by atoms with E-state index in [0.717, 1.165) is 0 Å². The van der Waals surface area contributed by atoms with Crippen molar-refractivity contribution in [3.63, 3.8) is 0 Å². The van der Waals surface area contributed by atoms with Crippen LogP contribution in [0, 0.1) is 0 Å². The molecule has 0 rings (SSSR count). The fourth-order valence-electron chi connectivity index (χ4n) is 0.140. The van der Waals surface area contributed by atoms with E-state index in [2.05, 4.69) is 0 Å². The van der Waals surface area contributed by atoms with E-state index in [1.165, 1.54) is 0 Å². The van der Waals surface area contributed by atoms with Gasteiger partial charge in [-0.15, -0.1) is 0 Å². The van der Waals surface area contributed by atoms with E-state index in [9.17, 15) is 16.8 Å². The van der Waals surface area contributed by atoms with Crippen LogP contribution in [0.2, 0.25) is 0 Å². The highest BCUT2D eigenvalue weighted by Gasteiger charge is 2.01. The molecular formula is C2H4O6S2. The van der Waals surface area contributed by atoms with Gasteiger partial charge in [0.05, 0.1) is 10.8 Å². The van der Waals surface area contributed by atoms with Crippen LogP contribution in [-0.2, 0) is 20.2 Å². The lowest BCUT2D eigenvalue weighted by Gasteiger charge is -1.82. The minimum Gasteiger partial charge on any atom is -0.282 e. The van der Waals surface area contributed by atoms with Gasteiger partial charge in [-0.3, -0.25) is 9.11 Å². The summed E-state index contributed by atoms with van der Waals surface area (Å²) in [6.45, 7) is 0. The Morgan fingerprint density at radius 2 is 1.00 bits per heavy atom. The fourth-order valence-corrected chi connectivity index (χ4v) is 1.26. The van der Waals surface area contributed by atoms with Crippen molar-refractivity contribution >= 4 is 20.2 Å². The molecule has 0 aromatic rings. The van der Waals surface area contributed by atoms with Crippen LogP contribution >= 0.6 is 0 Å². The molecule has 0 unspecified atom stereocenters. The maximum atomic E-state index is 9.77. The summed E-state index contributed by atoms with van der Waals surface area (Å²) in [4.78, 5) is 0. The van der Waals surface area contributed by atoms with Gasteiger partial charge < -0.3 is 0 Å². The van der Waals surface area contributed by atoms with Crippen molar-refractivity contribution in [2.24, 2.45) is 0 Å². The van der Waals surface area contributed by atoms with Crippen LogP contribution in [0.5, 0.6) is 0 Å². The minimum absolute atomic E-state index is 0.0394. The molecule has 0 aliphatic rings. The topological polar surface area (TPSA) is 109 Å². The minimum atomic E-state index is -4.48. The van der Waals surface area contributed by atoms with Gasteiger partial charge in [-0.2, -0.15) is 16.8 Å². The predicted molar refractivity (Wildman–Crippen MR) is 32.2 cm³/mol. The van der Waals surface area contributed by atoms with Crippen LogP contribution < -0.4 is 0 Å². The SMILES string of the molecule is O=S(=O)(O)/C=C\S(=O)(=O)O. The molecule has 0 heterocycles. The largest absolute Gasteiger partial charge is 0.288 e. The summed E-state index contributed by atoms with van der Waals surface area (Å²) in [5.74, 6) is 0. The lowest BCUT2D eigenvalue weighted by Crippen LogP contribution is -1.94. The molecule has 0 bridgehead atoms. The van der Waals surface area contributed by atoms with Crippen LogP contribution in [0.15, 0.2) is 10.8 Å². The summed E-state index contributed by atoms with van der Waals surface area (Å²) in [5, 5.41) is -0.0787. The first kappa shape index (κ1) is 9.56. The molecule has 0 saturated heterocycles. The maximum Gasteiger partial charge on any atom is 0.288 e. The third-order valence-corrected chi connectivity index (χ3v) is 1.53. The van der Waals surface area contributed by atoms with E-state index in [4.69, 9.17) is 9.11 Å². The van der Waals surface area contributed by atoms with Gasteiger partial charge in [0.1, 0.15) is 0 Å². The van der Waals surface area contributed by atoms with Gasteiger partial charge in [0, 0.05) is 0 Å². The van der Waals surface area contributed by atoms with Crippen molar-refractivity contribution < 1.29 is 25.9 Å². The van der Waals surface area contributed by atoms with Crippen LogP contribution in [0.1, 0.15) is 0 Å². The zero-order valence-electron chi connectivity index (χ0n) is 4.50. The highest BCUT2D eigenvalue weighted by atomic mass is 32.2. The Hall–Kier alpha value is -0.440. The molecule has 0 amide bonds. The summed E-state index contributed by atoms with van der Waals surface area (Å²) in [6.07, 6.45) is 0. The van der Waals surface area contributed by atoms with E-state index >= 15 is 0 Å². The molecule has 0 aromatic carbocycles. The molecule has 0 fully saturated rings. The first-order valence-corrected chi connectivity index (χ1v) is 4.84. The van der Waals surface area contributed by atoms with E-state index in [-0.39, 0.29) is 10.8 Å². The molecule has 0 atom stereocenters. The normalized spacial score (nSPS) is 14.2. The maximum absolute atomic E-state index is 9.77. The molecule has 0 saturated carbocycles. The van der Waals surface area contributed by atoms with Gasteiger partial charge in [-0.25, -0.2) is 0 Å². The van der Waals surface area contributed by atoms with Crippen molar-refractivity contribution in [1.82, 2.24) is 0 Å². The summed E-state index contributed by atoms with van der Waals surface area (Å²) < 4.78 is 54.9. The Morgan fingerprint density at radius 3 is 1.10 bits per heavy atom.